The summed E-state index contributed by atoms with van der Waals surface area (Å²) in [5, 5.41) is 6.86. The number of hydrogen-bond donors (Lipinski definition) is 2. The van der Waals surface area contributed by atoms with Gasteiger partial charge in [-0.3, -0.25) is 4.90 Å². The van der Waals surface area contributed by atoms with Gasteiger partial charge in [0.1, 0.15) is 0 Å². The van der Waals surface area contributed by atoms with Gasteiger partial charge in [-0.1, -0.05) is 6.07 Å². The van der Waals surface area contributed by atoms with Crippen molar-refractivity contribution < 1.29 is 9.13 Å². The summed E-state index contributed by atoms with van der Waals surface area (Å²) in [6, 6.07) is 6.89. The Bertz CT molecular complexity index is 632. The Kier molecular flexibility index (Phi) is 6.35. The normalized spacial score (nSPS) is 23.9. The minimum Gasteiger partial charge on any atom is -0.491 e. The summed E-state index contributed by atoms with van der Waals surface area (Å²) in [6.45, 7) is 8.99. The van der Waals surface area contributed by atoms with Gasteiger partial charge in [0.2, 0.25) is 0 Å². The molecule has 3 rings (SSSR count). The van der Waals surface area contributed by atoms with E-state index in [9.17, 15) is 4.39 Å². The molecule has 1 saturated heterocycles. The molecule has 0 amide bonds. The van der Waals surface area contributed by atoms with Crippen LogP contribution in [-0.2, 0) is 6.54 Å². The van der Waals surface area contributed by atoms with Crippen LogP contribution in [0.4, 0.5) is 4.39 Å². The summed E-state index contributed by atoms with van der Waals surface area (Å²) < 4.78 is 19.2. The minimum atomic E-state index is -0.331. The first-order chi connectivity index (χ1) is 12.6. The molecule has 1 aromatic carbocycles. The third-order valence-corrected chi connectivity index (χ3v) is 5.04. The third-order valence-electron chi connectivity index (χ3n) is 5.04. The molecule has 2 unspecified atom stereocenters. The van der Waals surface area contributed by atoms with Crippen molar-refractivity contribution in [1.29, 1.82) is 0 Å². The molecule has 1 aliphatic heterocycles. The van der Waals surface area contributed by atoms with Crippen LogP contribution in [0.25, 0.3) is 0 Å². The van der Waals surface area contributed by atoms with Gasteiger partial charge in [-0.15, -0.1) is 0 Å². The second-order valence-electron chi connectivity index (χ2n) is 7.25. The zero-order chi connectivity index (χ0) is 18.5. The molecule has 1 aliphatic carbocycles. The predicted molar refractivity (Wildman–Crippen MR) is 103 cm³/mol. The van der Waals surface area contributed by atoms with E-state index in [0.717, 1.165) is 37.1 Å². The molecule has 1 saturated carbocycles. The maximum atomic E-state index is 14.0. The number of guanidine groups is 1. The highest BCUT2D eigenvalue weighted by Gasteiger charge is 2.38. The number of benzene rings is 1. The SMILES string of the molecule is CCNC(=NCc1ccc(OCC)c(F)c1)NC1CC(C)N(C2CC2)C1. The maximum absolute atomic E-state index is 14.0. The van der Waals surface area contributed by atoms with E-state index < -0.39 is 0 Å². The molecule has 5 nitrogen and oxygen atoms in total. The Morgan fingerprint density at radius 3 is 2.81 bits per heavy atom. The van der Waals surface area contributed by atoms with Crippen molar-refractivity contribution in [2.24, 2.45) is 4.99 Å². The van der Waals surface area contributed by atoms with Gasteiger partial charge < -0.3 is 15.4 Å². The van der Waals surface area contributed by atoms with Gasteiger partial charge in [0.15, 0.2) is 17.5 Å². The smallest absolute Gasteiger partial charge is 0.191 e. The van der Waals surface area contributed by atoms with Gasteiger partial charge in [0, 0.05) is 31.2 Å². The summed E-state index contributed by atoms with van der Waals surface area (Å²) >= 11 is 0. The Morgan fingerprint density at radius 1 is 1.35 bits per heavy atom. The lowest BCUT2D eigenvalue weighted by atomic mass is 10.2. The number of aliphatic imine (C=N–C) groups is 1. The number of nitrogens with zero attached hydrogens (tertiary/aromatic N) is 2. The van der Waals surface area contributed by atoms with Gasteiger partial charge in [0.25, 0.3) is 0 Å². The Labute approximate surface area is 156 Å². The number of rotatable bonds is 7. The van der Waals surface area contributed by atoms with E-state index in [-0.39, 0.29) is 5.82 Å². The monoisotopic (exact) mass is 362 g/mol. The molecular weight excluding hydrogens is 331 g/mol. The largest absolute Gasteiger partial charge is 0.491 e. The second-order valence-corrected chi connectivity index (χ2v) is 7.25. The van der Waals surface area contributed by atoms with Crippen LogP contribution in [0.2, 0.25) is 0 Å². The zero-order valence-electron chi connectivity index (χ0n) is 16.1. The van der Waals surface area contributed by atoms with Crippen LogP contribution in [0.5, 0.6) is 5.75 Å². The minimum absolute atomic E-state index is 0.297. The van der Waals surface area contributed by atoms with Gasteiger partial charge in [-0.05, 0) is 57.7 Å². The van der Waals surface area contributed by atoms with Gasteiger partial charge in [0.05, 0.1) is 13.2 Å². The first-order valence-corrected chi connectivity index (χ1v) is 9.82. The summed E-state index contributed by atoms with van der Waals surface area (Å²) in [5.74, 6) is 0.768. The van der Waals surface area contributed by atoms with Gasteiger partial charge in [-0.25, -0.2) is 9.38 Å². The molecule has 2 fully saturated rings. The average molecular weight is 362 g/mol. The van der Waals surface area contributed by atoms with E-state index in [1.54, 1.807) is 6.07 Å². The van der Waals surface area contributed by atoms with Crippen LogP contribution < -0.4 is 15.4 Å². The first-order valence-electron chi connectivity index (χ1n) is 9.82. The molecule has 26 heavy (non-hydrogen) atoms. The molecule has 0 aromatic heterocycles. The van der Waals surface area contributed by atoms with Crippen molar-refractivity contribution >= 4 is 5.96 Å². The fourth-order valence-electron chi connectivity index (χ4n) is 3.67. The lowest BCUT2D eigenvalue weighted by Gasteiger charge is -2.20. The fraction of sp³-hybridized carbons (Fsp3) is 0.650. The van der Waals surface area contributed by atoms with Crippen molar-refractivity contribution in [2.75, 3.05) is 19.7 Å². The molecular formula is C20H31FN4O. The topological polar surface area (TPSA) is 48.9 Å². The number of nitrogens with one attached hydrogen (secondary N) is 2. The van der Waals surface area contributed by atoms with Crippen molar-refractivity contribution in [3.8, 4) is 5.75 Å². The lowest BCUT2D eigenvalue weighted by Crippen LogP contribution is -2.44. The first kappa shape index (κ1) is 19.0. The van der Waals surface area contributed by atoms with Crippen molar-refractivity contribution in [2.45, 2.75) is 64.7 Å². The summed E-state index contributed by atoms with van der Waals surface area (Å²) in [4.78, 5) is 7.26. The van der Waals surface area contributed by atoms with Gasteiger partial charge >= 0.3 is 0 Å². The Morgan fingerprint density at radius 2 is 2.15 bits per heavy atom. The van der Waals surface area contributed by atoms with Crippen molar-refractivity contribution in [1.82, 2.24) is 15.5 Å². The number of likely N-dealkylation sites (tertiary alicyclic amines) is 1. The molecule has 1 aromatic rings. The molecule has 2 N–H and O–H groups in total. The highest BCUT2D eigenvalue weighted by Crippen LogP contribution is 2.33. The molecule has 2 aliphatic rings. The molecule has 6 heteroatoms. The van der Waals surface area contributed by atoms with Crippen molar-refractivity contribution in [3.05, 3.63) is 29.6 Å². The van der Waals surface area contributed by atoms with Crippen LogP contribution in [0, 0.1) is 5.82 Å². The van der Waals surface area contributed by atoms with E-state index in [2.05, 4.69) is 34.4 Å². The predicted octanol–water partition coefficient (Wildman–Crippen LogP) is 2.90. The van der Waals surface area contributed by atoms with Crippen LogP contribution in [0.3, 0.4) is 0 Å². The molecule has 0 bridgehead atoms. The summed E-state index contributed by atoms with van der Waals surface area (Å²) in [7, 11) is 0. The third kappa shape index (κ3) is 4.87. The maximum Gasteiger partial charge on any atom is 0.191 e. The Balaban J connectivity index is 1.59. The highest BCUT2D eigenvalue weighted by atomic mass is 19.1. The number of ether oxygens (including phenoxy) is 1. The fourth-order valence-corrected chi connectivity index (χ4v) is 3.67. The van der Waals surface area contributed by atoms with E-state index >= 15 is 0 Å². The number of hydrogen-bond acceptors (Lipinski definition) is 3. The van der Waals surface area contributed by atoms with Crippen LogP contribution >= 0.6 is 0 Å². The number of halogens is 1. The van der Waals surface area contributed by atoms with Gasteiger partial charge in [-0.2, -0.15) is 0 Å². The van der Waals surface area contributed by atoms with E-state index in [1.165, 1.54) is 18.9 Å². The van der Waals surface area contributed by atoms with Crippen molar-refractivity contribution in [3.63, 3.8) is 0 Å². The standard InChI is InChI=1S/C20H31FN4O/c1-4-22-20(24-16-10-14(3)25(13-16)17-7-8-17)23-12-15-6-9-19(26-5-2)18(21)11-15/h6,9,11,14,16-17H,4-5,7-8,10,12-13H2,1-3H3,(H2,22,23,24). The summed E-state index contributed by atoms with van der Waals surface area (Å²) in [5.41, 5.74) is 0.836. The average Bonchev–Trinajstić information content (AvgIpc) is 3.39. The molecule has 144 valence electrons. The van der Waals surface area contributed by atoms with Crippen LogP contribution in [0.1, 0.15) is 45.6 Å². The van der Waals surface area contributed by atoms with E-state index in [0.29, 0.717) is 31.0 Å². The van der Waals surface area contributed by atoms with Crippen LogP contribution in [-0.4, -0.2) is 48.7 Å². The molecule has 0 spiro atoms. The van der Waals surface area contributed by atoms with E-state index in [4.69, 9.17) is 4.74 Å². The Hall–Kier alpha value is -1.82. The second kappa shape index (κ2) is 8.71. The highest BCUT2D eigenvalue weighted by molar-refractivity contribution is 5.80. The summed E-state index contributed by atoms with van der Waals surface area (Å²) in [6.07, 6.45) is 3.82. The lowest BCUT2D eigenvalue weighted by molar-refractivity contribution is 0.256. The van der Waals surface area contributed by atoms with Crippen LogP contribution in [0.15, 0.2) is 23.2 Å². The molecule has 2 atom stereocenters. The zero-order valence-corrected chi connectivity index (χ0v) is 16.1. The molecule has 1 heterocycles. The van der Waals surface area contributed by atoms with E-state index in [1.807, 2.05) is 13.0 Å². The molecule has 0 radical (unpaired) electrons. The quantitative estimate of drug-likeness (QED) is 0.578.